The fourth-order valence-electron chi connectivity index (χ4n) is 2.48. The Bertz CT molecular complexity index is 521. The fraction of sp³-hybridized carbons (Fsp3) is 0.765. The second kappa shape index (κ2) is 9.79. The van der Waals surface area contributed by atoms with Crippen LogP contribution in [-0.4, -0.2) is 60.0 Å². The Kier molecular flexibility index (Phi) is 8.41. The van der Waals surface area contributed by atoms with Crippen molar-refractivity contribution in [3.8, 4) is 0 Å². The molecule has 1 aliphatic rings. The molecule has 1 aliphatic heterocycles. The molecule has 0 aromatic heterocycles. The summed E-state index contributed by atoms with van der Waals surface area (Å²) in [6.07, 6.45) is 2.47. The molecular formula is C17H28N2O5S. The number of nitrogens with one attached hydrogen (secondary N) is 1. The summed E-state index contributed by atoms with van der Waals surface area (Å²) < 4.78 is 5.03. The van der Waals surface area contributed by atoms with Crippen molar-refractivity contribution >= 4 is 36.2 Å². The van der Waals surface area contributed by atoms with Gasteiger partial charge in [0.05, 0.1) is 0 Å². The number of likely N-dealkylation sites (tertiary alicyclic amines) is 1. The van der Waals surface area contributed by atoms with Gasteiger partial charge in [-0.15, -0.1) is 0 Å². The van der Waals surface area contributed by atoms with Crippen LogP contribution in [0, 0.1) is 5.41 Å². The van der Waals surface area contributed by atoms with Gasteiger partial charge in [-0.05, 0) is 25.7 Å². The molecule has 1 fully saturated rings. The standard InChI is InChI=1S/C17H28N2O5S/c1-4-17(2,3)14(21)15(22)19-9-6-5-7-12(19)16(23)24-11-13(20)18-8-10-25/h12,25H,4-11H2,1-3H3,(H,18,20)/t12-/m0/s1. The van der Waals surface area contributed by atoms with Crippen LogP contribution in [-0.2, 0) is 23.9 Å². The van der Waals surface area contributed by atoms with Crippen molar-refractivity contribution < 1.29 is 23.9 Å². The van der Waals surface area contributed by atoms with Gasteiger partial charge in [-0.25, -0.2) is 4.79 Å². The van der Waals surface area contributed by atoms with Crippen molar-refractivity contribution in [2.75, 3.05) is 25.4 Å². The van der Waals surface area contributed by atoms with Gasteiger partial charge < -0.3 is 15.0 Å². The molecular weight excluding hydrogens is 344 g/mol. The van der Waals surface area contributed by atoms with Crippen LogP contribution >= 0.6 is 12.6 Å². The van der Waals surface area contributed by atoms with E-state index in [4.69, 9.17) is 4.74 Å². The number of esters is 1. The van der Waals surface area contributed by atoms with Gasteiger partial charge in [0.1, 0.15) is 6.04 Å². The summed E-state index contributed by atoms with van der Waals surface area (Å²) in [6.45, 7) is 5.60. The van der Waals surface area contributed by atoms with Crippen LogP contribution in [0.4, 0.5) is 0 Å². The topological polar surface area (TPSA) is 92.8 Å². The van der Waals surface area contributed by atoms with Crippen LogP contribution in [0.1, 0.15) is 46.5 Å². The first-order valence-corrected chi connectivity index (χ1v) is 9.27. The summed E-state index contributed by atoms with van der Waals surface area (Å²) in [5.41, 5.74) is -0.768. The van der Waals surface area contributed by atoms with Crippen molar-refractivity contribution in [2.45, 2.75) is 52.5 Å². The number of Topliss-reactive ketones (excluding diaryl/α,β-unsaturated/α-hetero) is 1. The average Bonchev–Trinajstić information content (AvgIpc) is 2.62. The quantitative estimate of drug-likeness (QED) is 0.376. The Hall–Kier alpha value is -1.57. The molecule has 0 aromatic carbocycles. The Balaban J connectivity index is 2.72. The Labute approximate surface area is 154 Å². The minimum atomic E-state index is -0.810. The van der Waals surface area contributed by atoms with Gasteiger partial charge in [0.15, 0.2) is 6.61 Å². The normalized spacial score (nSPS) is 17.8. The first-order valence-electron chi connectivity index (χ1n) is 8.64. The zero-order valence-corrected chi connectivity index (χ0v) is 16.1. The number of ketones is 1. The SMILES string of the molecule is CCC(C)(C)C(=O)C(=O)N1CCCC[C@H]1C(=O)OCC(=O)NCCS. The lowest BCUT2D eigenvalue weighted by Gasteiger charge is -2.35. The zero-order valence-electron chi connectivity index (χ0n) is 15.2. The van der Waals surface area contributed by atoms with E-state index in [1.165, 1.54) is 4.90 Å². The van der Waals surface area contributed by atoms with Crippen molar-refractivity contribution in [1.29, 1.82) is 0 Å². The highest BCUT2D eigenvalue weighted by atomic mass is 32.1. The Morgan fingerprint density at radius 1 is 1.24 bits per heavy atom. The van der Waals surface area contributed by atoms with Crippen LogP contribution in [0.25, 0.3) is 0 Å². The zero-order chi connectivity index (χ0) is 19.0. The lowest BCUT2D eigenvalue weighted by molar-refractivity contribution is -0.162. The van der Waals surface area contributed by atoms with Gasteiger partial charge in [-0.3, -0.25) is 14.4 Å². The minimum Gasteiger partial charge on any atom is -0.454 e. The number of ether oxygens (including phenoxy) is 1. The molecule has 0 bridgehead atoms. The number of piperidine rings is 1. The second-order valence-corrected chi connectivity index (χ2v) is 7.21. The molecule has 8 heteroatoms. The van der Waals surface area contributed by atoms with E-state index in [2.05, 4.69) is 17.9 Å². The first-order chi connectivity index (χ1) is 11.7. The minimum absolute atomic E-state index is 0.343. The number of rotatable bonds is 8. The average molecular weight is 372 g/mol. The molecule has 2 amide bonds. The number of amides is 2. The van der Waals surface area contributed by atoms with Crippen LogP contribution in [0.5, 0.6) is 0 Å². The van der Waals surface area contributed by atoms with Crippen LogP contribution < -0.4 is 5.32 Å². The Morgan fingerprint density at radius 2 is 1.92 bits per heavy atom. The summed E-state index contributed by atoms with van der Waals surface area (Å²) >= 11 is 3.97. The molecule has 0 aliphatic carbocycles. The second-order valence-electron chi connectivity index (χ2n) is 6.76. The molecule has 0 saturated carbocycles. The van der Waals surface area contributed by atoms with E-state index in [-0.39, 0.29) is 0 Å². The molecule has 1 rings (SSSR count). The van der Waals surface area contributed by atoms with E-state index in [1.807, 2.05) is 6.92 Å². The largest absolute Gasteiger partial charge is 0.454 e. The maximum Gasteiger partial charge on any atom is 0.329 e. The van der Waals surface area contributed by atoms with Gasteiger partial charge in [0, 0.05) is 24.3 Å². The summed E-state index contributed by atoms with van der Waals surface area (Å²) in [5, 5.41) is 2.54. The van der Waals surface area contributed by atoms with E-state index in [0.29, 0.717) is 31.7 Å². The Morgan fingerprint density at radius 3 is 2.52 bits per heavy atom. The van der Waals surface area contributed by atoms with Gasteiger partial charge in [-0.2, -0.15) is 12.6 Å². The monoisotopic (exact) mass is 372 g/mol. The number of hydrogen-bond acceptors (Lipinski definition) is 6. The molecule has 1 atom stereocenters. The van der Waals surface area contributed by atoms with Gasteiger partial charge >= 0.3 is 5.97 Å². The summed E-state index contributed by atoms with van der Waals surface area (Å²) in [7, 11) is 0. The summed E-state index contributed by atoms with van der Waals surface area (Å²) in [4.78, 5) is 50.2. The number of thiol groups is 1. The van der Waals surface area contributed by atoms with Crippen molar-refractivity contribution in [2.24, 2.45) is 5.41 Å². The maximum absolute atomic E-state index is 12.6. The molecule has 142 valence electrons. The van der Waals surface area contributed by atoms with E-state index >= 15 is 0 Å². The van der Waals surface area contributed by atoms with E-state index in [1.54, 1.807) is 13.8 Å². The third-order valence-electron chi connectivity index (χ3n) is 4.51. The number of nitrogens with zero attached hydrogens (tertiary/aromatic N) is 1. The molecule has 1 heterocycles. The highest BCUT2D eigenvalue weighted by Gasteiger charge is 2.40. The third-order valence-corrected chi connectivity index (χ3v) is 4.73. The third kappa shape index (κ3) is 6.02. The van der Waals surface area contributed by atoms with Crippen molar-refractivity contribution in [1.82, 2.24) is 10.2 Å². The smallest absolute Gasteiger partial charge is 0.329 e. The fourth-order valence-corrected chi connectivity index (χ4v) is 2.59. The highest BCUT2D eigenvalue weighted by Crippen LogP contribution is 2.25. The lowest BCUT2D eigenvalue weighted by Crippen LogP contribution is -2.53. The number of carbonyl (C=O) groups is 4. The molecule has 0 aromatic rings. The van der Waals surface area contributed by atoms with E-state index < -0.39 is 41.6 Å². The van der Waals surface area contributed by atoms with Gasteiger partial charge in [-0.1, -0.05) is 20.8 Å². The first kappa shape index (κ1) is 21.5. The van der Waals surface area contributed by atoms with Crippen LogP contribution in [0.3, 0.4) is 0 Å². The molecule has 0 spiro atoms. The molecule has 0 radical (unpaired) electrons. The van der Waals surface area contributed by atoms with E-state index in [0.717, 1.165) is 12.8 Å². The molecule has 1 N–H and O–H groups in total. The lowest BCUT2D eigenvalue weighted by atomic mass is 9.84. The number of hydrogen-bond donors (Lipinski definition) is 2. The van der Waals surface area contributed by atoms with Crippen LogP contribution in [0.15, 0.2) is 0 Å². The molecule has 1 saturated heterocycles. The van der Waals surface area contributed by atoms with Crippen LogP contribution in [0.2, 0.25) is 0 Å². The van der Waals surface area contributed by atoms with Gasteiger partial charge in [0.2, 0.25) is 5.78 Å². The van der Waals surface area contributed by atoms with Crippen molar-refractivity contribution in [3.63, 3.8) is 0 Å². The highest BCUT2D eigenvalue weighted by molar-refractivity contribution is 7.80. The van der Waals surface area contributed by atoms with Crippen molar-refractivity contribution in [3.05, 3.63) is 0 Å². The predicted molar refractivity (Wildman–Crippen MR) is 96.3 cm³/mol. The number of carbonyl (C=O) groups excluding carboxylic acids is 4. The maximum atomic E-state index is 12.6. The summed E-state index contributed by atoms with van der Waals surface area (Å²) in [5.74, 6) is -1.72. The van der Waals surface area contributed by atoms with Gasteiger partial charge in [0.25, 0.3) is 11.8 Å². The summed E-state index contributed by atoms with van der Waals surface area (Å²) in [6, 6.07) is -0.810. The predicted octanol–water partition coefficient (Wildman–Crippen LogP) is 0.962. The molecule has 0 unspecified atom stereocenters. The molecule has 25 heavy (non-hydrogen) atoms. The molecule has 7 nitrogen and oxygen atoms in total. The van der Waals surface area contributed by atoms with E-state index in [9.17, 15) is 19.2 Å².